The first-order valence-corrected chi connectivity index (χ1v) is 9.28. The predicted molar refractivity (Wildman–Crippen MR) is 104 cm³/mol. The van der Waals surface area contributed by atoms with Crippen molar-refractivity contribution in [1.29, 1.82) is 0 Å². The number of likely N-dealkylation sites (tertiary alicyclic amines) is 1. The van der Waals surface area contributed by atoms with Crippen molar-refractivity contribution in [2.24, 2.45) is 0 Å². The van der Waals surface area contributed by atoms with Crippen molar-refractivity contribution in [1.82, 2.24) is 10.2 Å². The molecule has 1 amide bonds. The number of hydrogen-bond acceptors (Lipinski definition) is 4. The summed E-state index contributed by atoms with van der Waals surface area (Å²) in [5.41, 5.74) is 0.980. The SMILES string of the molecule is COc1ccc2cc(C(C)C(=O)NC3CCN(CC(=O)O)CC3)ccc2c1. The summed E-state index contributed by atoms with van der Waals surface area (Å²) in [6.45, 7) is 3.38. The summed E-state index contributed by atoms with van der Waals surface area (Å²) < 4.78 is 5.25. The van der Waals surface area contributed by atoms with Crippen LogP contribution < -0.4 is 10.1 Å². The minimum Gasteiger partial charge on any atom is -0.497 e. The van der Waals surface area contributed by atoms with Crippen molar-refractivity contribution < 1.29 is 19.4 Å². The highest BCUT2D eigenvalue weighted by molar-refractivity contribution is 5.88. The van der Waals surface area contributed by atoms with Crippen molar-refractivity contribution in [3.63, 3.8) is 0 Å². The average Bonchev–Trinajstić information content (AvgIpc) is 2.67. The number of amides is 1. The van der Waals surface area contributed by atoms with Crippen LogP contribution in [0.4, 0.5) is 0 Å². The quantitative estimate of drug-likeness (QED) is 0.817. The van der Waals surface area contributed by atoms with Gasteiger partial charge in [-0.25, -0.2) is 0 Å². The largest absolute Gasteiger partial charge is 0.497 e. The number of benzene rings is 2. The van der Waals surface area contributed by atoms with Crippen LogP contribution in [0.5, 0.6) is 5.75 Å². The maximum atomic E-state index is 12.7. The molecule has 1 aliphatic heterocycles. The zero-order valence-corrected chi connectivity index (χ0v) is 15.8. The lowest BCUT2D eigenvalue weighted by Gasteiger charge is -2.31. The van der Waals surface area contributed by atoms with E-state index in [0.29, 0.717) is 13.1 Å². The molecule has 0 radical (unpaired) electrons. The van der Waals surface area contributed by atoms with Crippen LogP contribution in [0.2, 0.25) is 0 Å². The number of rotatable bonds is 6. The minimum absolute atomic E-state index is 0.0135. The second-order valence-electron chi connectivity index (χ2n) is 7.15. The molecule has 0 bridgehead atoms. The first-order chi connectivity index (χ1) is 13.0. The van der Waals surface area contributed by atoms with Gasteiger partial charge in [0.05, 0.1) is 19.6 Å². The van der Waals surface area contributed by atoms with Crippen LogP contribution in [0.1, 0.15) is 31.2 Å². The van der Waals surface area contributed by atoms with E-state index in [0.717, 1.165) is 34.9 Å². The molecule has 6 nitrogen and oxygen atoms in total. The van der Waals surface area contributed by atoms with E-state index < -0.39 is 5.97 Å². The van der Waals surface area contributed by atoms with Crippen molar-refractivity contribution >= 4 is 22.6 Å². The molecule has 144 valence electrons. The van der Waals surface area contributed by atoms with Gasteiger partial charge in [0.2, 0.25) is 5.91 Å². The van der Waals surface area contributed by atoms with Crippen LogP contribution >= 0.6 is 0 Å². The van der Waals surface area contributed by atoms with Crippen LogP contribution in [0.25, 0.3) is 10.8 Å². The van der Waals surface area contributed by atoms with Crippen molar-refractivity contribution in [3.05, 3.63) is 42.0 Å². The third-order valence-electron chi connectivity index (χ3n) is 5.26. The van der Waals surface area contributed by atoms with E-state index in [-0.39, 0.29) is 24.4 Å². The lowest BCUT2D eigenvalue weighted by molar-refractivity contribution is -0.138. The van der Waals surface area contributed by atoms with E-state index in [1.807, 2.05) is 42.2 Å². The molecule has 0 saturated carbocycles. The summed E-state index contributed by atoms with van der Waals surface area (Å²) in [6, 6.07) is 12.1. The molecule has 2 aromatic rings. The zero-order chi connectivity index (χ0) is 19.4. The molecule has 1 unspecified atom stereocenters. The van der Waals surface area contributed by atoms with Gasteiger partial charge in [-0.3, -0.25) is 14.5 Å². The van der Waals surface area contributed by atoms with E-state index in [1.165, 1.54) is 0 Å². The number of nitrogens with zero attached hydrogens (tertiary/aromatic N) is 1. The third kappa shape index (κ3) is 4.77. The Hall–Kier alpha value is -2.60. The molecule has 2 aromatic carbocycles. The Kier molecular flexibility index (Phi) is 5.96. The number of carbonyl (C=O) groups is 2. The van der Waals surface area contributed by atoms with Crippen LogP contribution in [0, 0.1) is 0 Å². The van der Waals surface area contributed by atoms with Gasteiger partial charge in [-0.15, -0.1) is 0 Å². The molecule has 0 aromatic heterocycles. The van der Waals surface area contributed by atoms with E-state index in [4.69, 9.17) is 9.84 Å². The molecule has 1 fully saturated rings. The molecule has 1 aliphatic rings. The number of nitrogens with one attached hydrogen (secondary N) is 1. The summed E-state index contributed by atoms with van der Waals surface area (Å²) >= 11 is 0. The Morgan fingerprint density at radius 3 is 2.52 bits per heavy atom. The maximum absolute atomic E-state index is 12.7. The summed E-state index contributed by atoms with van der Waals surface area (Å²) in [5, 5.41) is 14.1. The summed E-state index contributed by atoms with van der Waals surface area (Å²) in [7, 11) is 1.65. The summed E-state index contributed by atoms with van der Waals surface area (Å²) in [4.78, 5) is 25.4. The fourth-order valence-corrected chi connectivity index (χ4v) is 3.54. The van der Waals surface area contributed by atoms with Crippen LogP contribution in [0.3, 0.4) is 0 Å². The molecular formula is C21H26N2O4. The first kappa shape index (κ1) is 19.2. The van der Waals surface area contributed by atoms with Crippen molar-refractivity contribution in [2.45, 2.75) is 31.7 Å². The zero-order valence-electron chi connectivity index (χ0n) is 15.8. The number of ether oxygens (including phenoxy) is 1. The number of piperidine rings is 1. The van der Waals surface area contributed by atoms with Gasteiger partial charge < -0.3 is 15.2 Å². The highest BCUT2D eigenvalue weighted by Crippen LogP contribution is 2.25. The number of carbonyl (C=O) groups excluding carboxylic acids is 1. The van der Waals surface area contributed by atoms with E-state index in [2.05, 4.69) is 11.4 Å². The van der Waals surface area contributed by atoms with Gasteiger partial charge in [-0.2, -0.15) is 0 Å². The standard InChI is InChI=1S/C21H26N2O4/c1-14(15-3-4-17-12-19(27-2)6-5-16(17)11-15)21(26)22-18-7-9-23(10-8-18)13-20(24)25/h3-6,11-12,14,18H,7-10,13H2,1-2H3,(H,22,26)(H,24,25). The monoisotopic (exact) mass is 370 g/mol. The minimum atomic E-state index is -0.806. The van der Waals surface area contributed by atoms with E-state index in [9.17, 15) is 9.59 Å². The molecule has 1 saturated heterocycles. The number of hydrogen-bond donors (Lipinski definition) is 2. The van der Waals surface area contributed by atoms with Gasteiger partial charge >= 0.3 is 5.97 Å². The van der Waals surface area contributed by atoms with Crippen LogP contribution in [-0.2, 0) is 9.59 Å². The highest BCUT2D eigenvalue weighted by atomic mass is 16.5. The van der Waals surface area contributed by atoms with Gasteiger partial charge in [0.15, 0.2) is 0 Å². The molecule has 3 rings (SSSR count). The topological polar surface area (TPSA) is 78.9 Å². The fourth-order valence-electron chi connectivity index (χ4n) is 3.54. The maximum Gasteiger partial charge on any atom is 0.317 e. The van der Waals surface area contributed by atoms with Crippen molar-refractivity contribution in [2.75, 3.05) is 26.7 Å². The smallest absolute Gasteiger partial charge is 0.317 e. The highest BCUT2D eigenvalue weighted by Gasteiger charge is 2.24. The molecule has 6 heteroatoms. The van der Waals surface area contributed by atoms with Gasteiger partial charge in [-0.1, -0.05) is 24.3 Å². The molecule has 1 heterocycles. The predicted octanol–water partition coefficient (Wildman–Crippen LogP) is 2.62. The number of methoxy groups -OCH3 is 1. The van der Waals surface area contributed by atoms with Crippen LogP contribution in [0.15, 0.2) is 36.4 Å². The Balaban J connectivity index is 1.60. The average molecular weight is 370 g/mol. The number of carboxylic acid groups (broad SMARTS) is 1. The number of aliphatic carboxylic acids is 1. The lowest BCUT2D eigenvalue weighted by Crippen LogP contribution is -2.46. The molecular weight excluding hydrogens is 344 g/mol. The fraction of sp³-hybridized carbons (Fsp3) is 0.429. The van der Waals surface area contributed by atoms with E-state index >= 15 is 0 Å². The number of fused-ring (bicyclic) bond motifs is 1. The second-order valence-corrected chi connectivity index (χ2v) is 7.15. The van der Waals surface area contributed by atoms with Gasteiger partial charge in [0.1, 0.15) is 5.75 Å². The molecule has 0 aliphatic carbocycles. The normalized spacial score (nSPS) is 16.8. The van der Waals surface area contributed by atoms with Gasteiger partial charge in [-0.05, 0) is 48.2 Å². The molecule has 2 N–H and O–H groups in total. The van der Waals surface area contributed by atoms with Gasteiger partial charge in [0, 0.05) is 19.1 Å². The number of carboxylic acids is 1. The Morgan fingerprint density at radius 2 is 1.85 bits per heavy atom. The first-order valence-electron chi connectivity index (χ1n) is 9.28. The third-order valence-corrected chi connectivity index (χ3v) is 5.26. The van der Waals surface area contributed by atoms with Crippen LogP contribution in [-0.4, -0.2) is 54.7 Å². The summed E-state index contributed by atoms with van der Waals surface area (Å²) in [6.07, 6.45) is 1.56. The second kappa shape index (κ2) is 8.39. The Labute approximate surface area is 159 Å². The van der Waals surface area contributed by atoms with Gasteiger partial charge in [0.25, 0.3) is 0 Å². The molecule has 0 spiro atoms. The van der Waals surface area contributed by atoms with E-state index in [1.54, 1.807) is 7.11 Å². The molecule has 27 heavy (non-hydrogen) atoms. The molecule has 1 atom stereocenters. The van der Waals surface area contributed by atoms with Crippen molar-refractivity contribution in [3.8, 4) is 5.75 Å². The lowest BCUT2D eigenvalue weighted by atomic mass is 9.96. The summed E-state index contributed by atoms with van der Waals surface area (Å²) in [5.74, 6) is -0.219. The Bertz CT molecular complexity index is 828. The Morgan fingerprint density at radius 1 is 1.19 bits per heavy atom.